The molecule has 1 fully saturated rings. The number of rotatable bonds is 2. The number of hydrogen-bond acceptors (Lipinski definition) is 2. The smallest absolute Gasteiger partial charge is 0.0238 e. The second-order valence-electron chi connectivity index (χ2n) is 3.23. The third-order valence-electron chi connectivity index (χ3n) is 2.65. The zero-order valence-corrected chi connectivity index (χ0v) is 6.77. The van der Waals surface area contributed by atoms with E-state index >= 15 is 0 Å². The Morgan fingerprint density at radius 3 is 2.60 bits per heavy atom. The molecule has 0 radical (unpaired) electrons. The molecule has 0 aliphatic heterocycles. The maximum Gasteiger partial charge on any atom is 0.0238 e. The second-order valence-corrected chi connectivity index (χ2v) is 3.23. The lowest BCUT2D eigenvalue weighted by atomic mass is 9.83. The minimum Gasteiger partial charge on any atom is -0.271 e. The van der Waals surface area contributed by atoms with Gasteiger partial charge in [0.1, 0.15) is 0 Å². The van der Waals surface area contributed by atoms with Gasteiger partial charge in [0.15, 0.2) is 0 Å². The first-order valence-electron chi connectivity index (χ1n) is 4.34. The predicted molar refractivity (Wildman–Crippen MR) is 43.4 cm³/mol. The van der Waals surface area contributed by atoms with Crippen LogP contribution in [0.4, 0.5) is 0 Å². The van der Waals surface area contributed by atoms with Gasteiger partial charge in [-0.2, -0.15) is 0 Å². The Morgan fingerprint density at radius 2 is 2.10 bits per heavy atom. The molecule has 0 spiro atoms. The predicted octanol–water partition coefficient (Wildman–Crippen LogP) is 1.42. The molecule has 0 aromatic rings. The van der Waals surface area contributed by atoms with Crippen molar-refractivity contribution in [2.45, 2.75) is 45.1 Å². The van der Waals surface area contributed by atoms with E-state index in [2.05, 4.69) is 12.3 Å². The van der Waals surface area contributed by atoms with E-state index in [9.17, 15) is 0 Å². The van der Waals surface area contributed by atoms with E-state index in [1.54, 1.807) is 0 Å². The van der Waals surface area contributed by atoms with Crippen LogP contribution in [0.5, 0.6) is 0 Å². The number of nitrogens with two attached hydrogens (primary N) is 1. The van der Waals surface area contributed by atoms with Crippen molar-refractivity contribution in [2.24, 2.45) is 11.8 Å². The lowest BCUT2D eigenvalue weighted by molar-refractivity contribution is 0.258. The van der Waals surface area contributed by atoms with Crippen LogP contribution in [0.1, 0.15) is 39.0 Å². The number of hydrazine groups is 1. The minimum atomic E-state index is 0.596. The standard InChI is InChI=1S/C8H18N2/c1-2-7-5-3-4-6-8(7)10-9/h7-8,10H,2-6,9H2,1H3. The van der Waals surface area contributed by atoms with Crippen LogP contribution in [0.15, 0.2) is 0 Å². The van der Waals surface area contributed by atoms with Crippen LogP contribution in [-0.4, -0.2) is 6.04 Å². The highest BCUT2D eigenvalue weighted by Crippen LogP contribution is 2.25. The molecule has 2 nitrogen and oxygen atoms in total. The van der Waals surface area contributed by atoms with Gasteiger partial charge >= 0.3 is 0 Å². The SMILES string of the molecule is CCC1CCCCC1NN. The van der Waals surface area contributed by atoms with Crippen molar-refractivity contribution in [3.8, 4) is 0 Å². The van der Waals surface area contributed by atoms with Crippen molar-refractivity contribution < 1.29 is 0 Å². The topological polar surface area (TPSA) is 38.0 Å². The Balaban J connectivity index is 2.34. The fourth-order valence-electron chi connectivity index (χ4n) is 1.92. The molecule has 1 rings (SSSR count). The molecule has 2 heteroatoms. The van der Waals surface area contributed by atoms with Gasteiger partial charge in [0.2, 0.25) is 0 Å². The van der Waals surface area contributed by atoms with Crippen molar-refractivity contribution in [3.05, 3.63) is 0 Å². The van der Waals surface area contributed by atoms with Gasteiger partial charge in [-0.05, 0) is 18.8 Å². The van der Waals surface area contributed by atoms with Crippen LogP contribution in [0, 0.1) is 5.92 Å². The van der Waals surface area contributed by atoms with Gasteiger partial charge < -0.3 is 0 Å². The van der Waals surface area contributed by atoms with Crippen LogP contribution < -0.4 is 11.3 Å². The molecule has 0 heterocycles. The summed E-state index contributed by atoms with van der Waals surface area (Å²) in [6, 6.07) is 0.596. The summed E-state index contributed by atoms with van der Waals surface area (Å²) in [6.45, 7) is 2.25. The van der Waals surface area contributed by atoms with Crippen LogP contribution in [0.2, 0.25) is 0 Å². The zero-order valence-electron chi connectivity index (χ0n) is 6.77. The Kier molecular flexibility index (Phi) is 3.16. The number of hydrogen-bond donors (Lipinski definition) is 2. The van der Waals surface area contributed by atoms with Gasteiger partial charge in [-0.1, -0.05) is 26.2 Å². The molecular weight excluding hydrogens is 124 g/mol. The Hall–Kier alpha value is -0.0800. The van der Waals surface area contributed by atoms with Crippen LogP contribution >= 0.6 is 0 Å². The highest BCUT2D eigenvalue weighted by Gasteiger charge is 2.21. The summed E-state index contributed by atoms with van der Waals surface area (Å²) in [5.74, 6) is 6.25. The average Bonchev–Trinajstić information content (AvgIpc) is 2.04. The molecule has 0 bridgehead atoms. The number of nitrogens with one attached hydrogen (secondary N) is 1. The van der Waals surface area contributed by atoms with Crippen molar-refractivity contribution >= 4 is 0 Å². The molecular formula is C8H18N2. The molecule has 0 amide bonds. The van der Waals surface area contributed by atoms with Gasteiger partial charge in [0.05, 0.1) is 0 Å². The van der Waals surface area contributed by atoms with Crippen molar-refractivity contribution in [1.29, 1.82) is 0 Å². The molecule has 2 unspecified atom stereocenters. The molecule has 10 heavy (non-hydrogen) atoms. The fourth-order valence-corrected chi connectivity index (χ4v) is 1.92. The summed E-state index contributed by atoms with van der Waals surface area (Å²) in [5, 5.41) is 0. The summed E-state index contributed by atoms with van der Waals surface area (Å²) in [4.78, 5) is 0. The molecule has 0 aromatic carbocycles. The maximum absolute atomic E-state index is 5.42. The first kappa shape index (κ1) is 8.02. The first-order chi connectivity index (χ1) is 4.88. The average molecular weight is 142 g/mol. The summed E-state index contributed by atoms with van der Waals surface area (Å²) in [6.07, 6.45) is 6.66. The molecule has 2 atom stereocenters. The van der Waals surface area contributed by atoms with Gasteiger partial charge in [-0.15, -0.1) is 0 Å². The monoisotopic (exact) mass is 142 g/mol. The summed E-state index contributed by atoms with van der Waals surface area (Å²) in [7, 11) is 0. The normalized spacial score (nSPS) is 34.2. The Bertz CT molecular complexity index is 81.3. The van der Waals surface area contributed by atoms with E-state index in [-0.39, 0.29) is 0 Å². The summed E-state index contributed by atoms with van der Waals surface area (Å²) < 4.78 is 0. The second kappa shape index (κ2) is 3.94. The minimum absolute atomic E-state index is 0.596. The fraction of sp³-hybridized carbons (Fsp3) is 1.00. The van der Waals surface area contributed by atoms with Gasteiger partial charge in [-0.3, -0.25) is 11.3 Å². The van der Waals surface area contributed by atoms with Gasteiger partial charge in [0, 0.05) is 6.04 Å². The van der Waals surface area contributed by atoms with E-state index in [1.807, 2.05) is 0 Å². The van der Waals surface area contributed by atoms with E-state index in [4.69, 9.17) is 5.84 Å². The molecule has 60 valence electrons. The lowest BCUT2D eigenvalue weighted by Crippen LogP contribution is -2.42. The Labute approximate surface area is 63.1 Å². The Morgan fingerprint density at radius 1 is 1.40 bits per heavy atom. The molecule has 0 aromatic heterocycles. The van der Waals surface area contributed by atoms with Crippen LogP contribution in [0.3, 0.4) is 0 Å². The molecule has 1 saturated carbocycles. The highest BCUT2D eigenvalue weighted by atomic mass is 15.2. The van der Waals surface area contributed by atoms with Crippen molar-refractivity contribution in [3.63, 3.8) is 0 Å². The van der Waals surface area contributed by atoms with E-state index in [1.165, 1.54) is 32.1 Å². The van der Waals surface area contributed by atoms with Crippen LogP contribution in [0.25, 0.3) is 0 Å². The summed E-state index contributed by atoms with van der Waals surface area (Å²) in [5.41, 5.74) is 2.90. The maximum atomic E-state index is 5.42. The third kappa shape index (κ3) is 1.70. The first-order valence-corrected chi connectivity index (χ1v) is 4.34. The van der Waals surface area contributed by atoms with Crippen molar-refractivity contribution in [1.82, 2.24) is 5.43 Å². The van der Waals surface area contributed by atoms with E-state index < -0.39 is 0 Å². The molecule has 1 aliphatic carbocycles. The third-order valence-corrected chi connectivity index (χ3v) is 2.65. The summed E-state index contributed by atoms with van der Waals surface area (Å²) >= 11 is 0. The molecule has 1 aliphatic rings. The van der Waals surface area contributed by atoms with Crippen LogP contribution in [-0.2, 0) is 0 Å². The largest absolute Gasteiger partial charge is 0.271 e. The molecule has 3 N–H and O–H groups in total. The van der Waals surface area contributed by atoms with E-state index in [0.717, 1.165) is 5.92 Å². The van der Waals surface area contributed by atoms with Gasteiger partial charge in [-0.25, -0.2) is 0 Å². The van der Waals surface area contributed by atoms with Gasteiger partial charge in [0.25, 0.3) is 0 Å². The quantitative estimate of drug-likeness (QED) is 0.452. The lowest BCUT2D eigenvalue weighted by Gasteiger charge is -2.29. The highest BCUT2D eigenvalue weighted by molar-refractivity contribution is 4.77. The molecule has 0 saturated heterocycles. The van der Waals surface area contributed by atoms with Crippen molar-refractivity contribution in [2.75, 3.05) is 0 Å². The van der Waals surface area contributed by atoms with E-state index in [0.29, 0.717) is 6.04 Å². The zero-order chi connectivity index (χ0) is 7.40.